The first-order chi connectivity index (χ1) is 11.1. The normalized spacial score (nSPS) is 38.5. The number of hydrogen-bond acceptors (Lipinski definition) is 3. The van der Waals surface area contributed by atoms with Crippen molar-refractivity contribution in [2.75, 3.05) is 26.2 Å². The largest absolute Gasteiger partial charge is 0.339 e. The third-order valence-corrected chi connectivity index (χ3v) is 6.64. The maximum atomic E-state index is 13.2. The molecule has 0 aromatic rings. The second-order valence-corrected chi connectivity index (χ2v) is 8.21. The first-order valence-corrected chi connectivity index (χ1v) is 9.04. The SMILES string of the molecule is N#CCC(=O)N1CCN(C(=O)C23CC4CC(CC(C4)C2)C3)CC1. The highest BCUT2D eigenvalue weighted by Gasteiger charge is 2.55. The summed E-state index contributed by atoms with van der Waals surface area (Å²) in [6, 6.07) is 1.92. The van der Waals surface area contributed by atoms with Crippen LogP contribution in [-0.4, -0.2) is 47.8 Å². The smallest absolute Gasteiger partial charge is 0.236 e. The molecule has 23 heavy (non-hydrogen) atoms. The summed E-state index contributed by atoms with van der Waals surface area (Å²) in [4.78, 5) is 28.8. The van der Waals surface area contributed by atoms with E-state index in [0.717, 1.165) is 37.0 Å². The zero-order chi connectivity index (χ0) is 16.0. The average Bonchev–Trinajstić information content (AvgIpc) is 2.53. The van der Waals surface area contributed by atoms with Crippen LogP contribution in [0, 0.1) is 34.5 Å². The Morgan fingerprint density at radius 1 is 0.913 bits per heavy atom. The summed E-state index contributed by atoms with van der Waals surface area (Å²) in [5.74, 6) is 2.61. The number of carbonyl (C=O) groups is 2. The summed E-state index contributed by atoms with van der Waals surface area (Å²) in [7, 11) is 0. The van der Waals surface area contributed by atoms with Crippen molar-refractivity contribution < 1.29 is 9.59 Å². The van der Waals surface area contributed by atoms with E-state index >= 15 is 0 Å². The molecule has 1 heterocycles. The Morgan fingerprint density at radius 3 is 1.87 bits per heavy atom. The molecule has 2 amide bonds. The number of amides is 2. The third-order valence-electron chi connectivity index (χ3n) is 6.64. The molecular formula is C18H25N3O2. The monoisotopic (exact) mass is 315 g/mol. The van der Waals surface area contributed by atoms with E-state index in [1.165, 1.54) is 19.3 Å². The summed E-state index contributed by atoms with van der Waals surface area (Å²) in [6.45, 7) is 2.44. The van der Waals surface area contributed by atoms with Crippen molar-refractivity contribution in [1.29, 1.82) is 5.26 Å². The van der Waals surface area contributed by atoms with Gasteiger partial charge in [0.05, 0.1) is 11.5 Å². The van der Waals surface area contributed by atoms with E-state index < -0.39 is 0 Å². The van der Waals surface area contributed by atoms with Gasteiger partial charge in [0.1, 0.15) is 6.42 Å². The van der Waals surface area contributed by atoms with Crippen LogP contribution < -0.4 is 0 Å². The predicted octanol–water partition coefficient (Wildman–Crippen LogP) is 1.79. The molecule has 1 saturated heterocycles. The quantitative estimate of drug-likeness (QED) is 0.780. The zero-order valence-corrected chi connectivity index (χ0v) is 13.7. The van der Waals surface area contributed by atoms with Crippen LogP contribution in [0.15, 0.2) is 0 Å². The van der Waals surface area contributed by atoms with Gasteiger partial charge in [-0.3, -0.25) is 9.59 Å². The average molecular weight is 315 g/mol. The van der Waals surface area contributed by atoms with Crippen molar-refractivity contribution in [3.05, 3.63) is 0 Å². The van der Waals surface area contributed by atoms with E-state index in [2.05, 4.69) is 0 Å². The number of nitriles is 1. The highest BCUT2D eigenvalue weighted by molar-refractivity contribution is 5.84. The lowest BCUT2D eigenvalue weighted by molar-refractivity contribution is -0.160. The van der Waals surface area contributed by atoms with Crippen LogP contribution in [0.4, 0.5) is 0 Å². The maximum absolute atomic E-state index is 13.2. The van der Waals surface area contributed by atoms with Gasteiger partial charge in [0.15, 0.2) is 0 Å². The topological polar surface area (TPSA) is 64.4 Å². The Morgan fingerprint density at radius 2 is 1.39 bits per heavy atom. The summed E-state index contributed by atoms with van der Waals surface area (Å²) >= 11 is 0. The highest BCUT2D eigenvalue weighted by Crippen LogP contribution is 2.60. The molecule has 1 aliphatic heterocycles. The molecule has 5 fully saturated rings. The first-order valence-electron chi connectivity index (χ1n) is 9.04. The van der Waals surface area contributed by atoms with Gasteiger partial charge in [0.25, 0.3) is 0 Å². The molecule has 5 heteroatoms. The van der Waals surface area contributed by atoms with Gasteiger partial charge >= 0.3 is 0 Å². The van der Waals surface area contributed by atoms with Gasteiger partial charge < -0.3 is 9.80 Å². The van der Waals surface area contributed by atoms with Crippen molar-refractivity contribution in [2.45, 2.75) is 44.9 Å². The van der Waals surface area contributed by atoms with E-state index in [9.17, 15) is 9.59 Å². The van der Waals surface area contributed by atoms with Crippen molar-refractivity contribution in [2.24, 2.45) is 23.2 Å². The molecule has 5 nitrogen and oxygen atoms in total. The van der Waals surface area contributed by atoms with Crippen LogP contribution in [0.3, 0.4) is 0 Å². The van der Waals surface area contributed by atoms with E-state index in [1.807, 2.05) is 11.0 Å². The summed E-state index contributed by atoms with van der Waals surface area (Å²) < 4.78 is 0. The van der Waals surface area contributed by atoms with E-state index in [0.29, 0.717) is 32.1 Å². The van der Waals surface area contributed by atoms with Crippen molar-refractivity contribution in [3.63, 3.8) is 0 Å². The van der Waals surface area contributed by atoms with Crippen molar-refractivity contribution in [3.8, 4) is 6.07 Å². The van der Waals surface area contributed by atoms with Gasteiger partial charge in [-0.2, -0.15) is 5.26 Å². The summed E-state index contributed by atoms with van der Waals surface area (Å²) in [5.41, 5.74) is -0.0758. The van der Waals surface area contributed by atoms with E-state index in [4.69, 9.17) is 5.26 Å². The summed E-state index contributed by atoms with van der Waals surface area (Å²) in [5, 5.41) is 8.64. The fourth-order valence-corrected chi connectivity index (χ4v) is 6.05. The Kier molecular flexibility index (Phi) is 3.59. The molecule has 4 aliphatic carbocycles. The summed E-state index contributed by atoms with van der Waals surface area (Å²) in [6.07, 6.45) is 7.31. The van der Waals surface area contributed by atoms with E-state index in [-0.39, 0.29) is 17.7 Å². The highest BCUT2D eigenvalue weighted by atomic mass is 16.2. The van der Waals surface area contributed by atoms with Gasteiger partial charge in [-0.15, -0.1) is 0 Å². The first kappa shape index (κ1) is 15.0. The fourth-order valence-electron chi connectivity index (χ4n) is 6.05. The van der Waals surface area contributed by atoms with Crippen LogP contribution in [0.1, 0.15) is 44.9 Å². The van der Waals surface area contributed by atoms with Crippen molar-refractivity contribution >= 4 is 11.8 Å². The number of rotatable bonds is 2. The Hall–Kier alpha value is -1.57. The Labute approximate surface area is 137 Å². The molecule has 4 saturated carbocycles. The molecule has 4 bridgehead atoms. The molecule has 0 aromatic heterocycles. The van der Waals surface area contributed by atoms with E-state index in [1.54, 1.807) is 4.90 Å². The van der Waals surface area contributed by atoms with Crippen LogP contribution in [0.2, 0.25) is 0 Å². The lowest BCUT2D eigenvalue weighted by atomic mass is 9.49. The fraction of sp³-hybridized carbons (Fsp3) is 0.833. The van der Waals surface area contributed by atoms with Gasteiger partial charge in [0.2, 0.25) is 11.8 Å². The molecule has 0 atom stereocenters. The minimum Gasteiger partial charge on any atom is -0.339 e. The number of piperazine rings is 1. The number of nitrogens with zero attached hydrogens (tertiary/aromatic N) is 3. The second-order valence-electron chi connectivity index (χ2n) is 8.21. The van der Waals surface area contributed by atoms with Crippen LogP contribution in [0.5, 0.6) is 0 Å². The molecule has 0 aromatic carbocycles. The Balaban J connectivity index is 1.41. The van der Waals surface area contributed by atoms with Gasteiger partial charge in [-0.25, -0.2) is 0 Å². The van der Waals surface area contributed by atoms with Crippen molar-refractivity contribution in [1.82, 2.24) is 9.80 Å². The standard InChI is InChI=1S/C18H25N3O2/c19-2-1-16(22)20-3-5-21(6-4-20)17(23)18-10-13-7-14(11-18)9-15(8-13)12-18/h13-15H,1,3-12H2. The molecule has 0 spiro atoms. The maximum Gasteiger partial charge on any atom is 0.236 e. The number of carbonyl (C=O) groups excluding carboxylic acids is 2. The number of hydrogen-bond donors (Lipinski definition) is 0. The zero-order valence-electron chi connectivity index (χ0n) is 13.7. The molecule has 0 radical (unpaired) electrons. The van der Waals surface area contributed by atoms with Gasteiger partial charge in [-0.1, -0.05) is 0 Å². The van der Waals surface area contributed by atoms with Crippen LogP contribution >= 0.6 is 0 Å². The minimum absolute atomic E-state index is 0.0527. The van der Waals surface area contributed by atoms with Gasteiger partial charge in [-0.05, 0) is 56.3 Å². The second kappa shape index (κ2) is 5.51. The molecular weight excluding hydrogens is 290 g/mol. The molecule has 124 valence electrons. The van der Waals surface area contributed by atoms with Gasteiger partial charge in [0, 0.05) is 26.2 Å². The minimum atomic E-state index is -0.102. The lowest BCUT2D eigenvalue weighted by Gasteiger charge is -2.57. The molecule has 5 aliphatic rings. The van der Waals surface area contributed by atoms with Crippen LogP contribution in [-0.2, 0) is 9.59 Å². The Bertz CT molecular complexity index is 522. The lowest BCUT2D eigenvalue weighted by Crippen LogP contribution is -2.58. The third kappa shape index (κ3) is 2.52. The molecule has 0 N–H and O–H groups in total. The predicted molar refractivity (Wildman–Crippen MR) is 84.0 cm³/mol. The molecule has 5 rings (SSSR count). The van der Waals surface area contributed by atoms with Crippen LogP contribution in [0.25, 0.3) is 0 Å². The molecule has 0 unspecified atom stereocenters.